The topological polar surface area (TPSA) is 24.9 Å². The molecule has 2 rings (SSSR count). The number of hydrogen-bond donors (Lipinski definition) is 1. The third-order valence-corrected chi connectivity index (χ3v) is 3.05. The van der Waals surface area contributed by atoms with Gasteiger partial charge in [0.2, 0.25) is 0 Å². The first-order valence-electron chi connectivity index (χ1n) is 4.61. The maximum Gasteiger partial charge on any atom is 0.0410 e. The van der Waals surface area contributed by atoms with E-state index < -0.39 is 0 Å². The second-order valence-electron chi connectivity index (χ2n) is 3.63. The van der Waals surface area contributed by atoms with Gasteiger partial charge in [-0.3, -0.25) is 4.98 Å². The van der Waals surface area contributed by atoms with Crippen molar-refractivity contribution in [2.45, 2.75) is 19.4 Å². The highest BCUT2D eigenvalue weighted by Gasteiger charge is 2.24. The highest BCUT2D eigenvalue weighted by atomic mass is 79.9. The molecule has 2 atom stereocenters. The molecule has 2 nitrogen and oxygen atoms in total. The molecular formula is C10H13BrN2. The van der Waals surface area contributed by atoms with Crippen LogP contribution in [-0.4, -0.2) is 11.5 Å². The summed E-state index contributed by atoms with van der Waals surface area (Å²) in [6.07, 6.45) is 5.03. The molecule has 1 saturated heterocycles. The summed E-state index contributed by atoms with van der Waals surface area (Å²) >= 11 is 3.44. The molecule has 1 aromatic rings. The molecular weight excluding hydrogens is 228 g/mol. The average molecular weight is 241 g/mol. The molecule has 1 aliphatic heterocycles. The van der Waals surface area contributed by atoms with Crippen LogP contribution in [0.4, 0.5) is 0 Å². The van der Waals surface area contributed by atoms with Crippen LogP contribution in [0, 0.1) is 5.92 Å². The molecule has 0 aliphatic carbocycles. The molecule has 0 amide bonds. The van der Waals surface area contributed by atoms with Crippen molar-refractivity contribution in [2.24, 2.45) is 5.92 Å². The monoisotopic (exact) mass is 240 g/mol. The third kappa shape index (κ3) is 1.92. The molecule has 1 N–H and O–H groups in total. The Kier molecular flexibility index (Phi) is 2.65. The van der Waals surface area contributed by atoms with E-state index in [0.29, 0.717) is 6.04 Å². The summed E-state index contributed by atoms with van der Waals surface area (Å²) in [6, 6.07) is 2.64. The van der Waals surface area contributed by atoms with Crippen LogP contribution >= 0.6 is 15.9 Å². The van der Waals surface area contributed by atoms with E-state index in [0.717, 1.165) is 16.9 Å². The van der Waals surface area contributed by atoms with Gasteiger partial charge < -0.3 is 5.32 Å². The SMILES string of the molecule is CC1CCNC1c1cncc(Br)c1. The fourth-order valence-corrected chi connectivity index (χ4v) is 2.26. The van der Waals surface area contributed by atoms with Gasteiger partial charge in [-0.1, -0.05) is 6.92 Å². The molecule has 13 heavy (non-hydrogen) atoms. The van der Waals surface area contributed by atoms with Crippen molar-refractivity contribution in [1.82, 2.24) is 10.3 Å². The van der Waals surface area contributed by atoms with Crippen LogP contribution in [0.2, 0.25) is 0 Å². The van der Waals surface area contributed by atoms with Gasteiger partial charge in [-0.25, -0.2) is 0 Å². The first-order valence-corrected chi connectivity index (χ1v) is 5.40. The minimum Gasteiger partial charge on any atom is -0.310 e. The van der Waals surface area contributed by atoms with Gasteiger partial charge >= 0.3 is 0 Å². The number of rotatable bonds is 1. The van der Waals surface area contributed by atoms with Crippen LogP contribution in [0.15, 0.2) is 22.9 Å². The zero-order valence-electron chi connectivity index (χ0n) is 7.63. The Morgan fingerprint density at radius 2 is 2.38 bits per heavy atom. The van der Waals surface area contributed by atoms with Gasteiger partial charge in [-0.05, 0) is 46.4 Å². The van der Waals surface area contributed by atoms with Gasteiger partial charge in [-0.15, -0.1) is 0 Å². The predicted octanol–water partition coefficient (Wildman–Crippen LogP) is 2.51. The smallest absolute Gasteiger partial charge is 0.0410 e. The molecule has 1 aliphatic rings. The molecule has 3 heteroatoms. The molecule has 0 bridgehead atoms. The van der Waals surface area contributed by atoms with E-state index in [1.54, 1.807) is 0 Å². The lowest BCUT2D eigenvalue weighted by Gasteiger charge is -2.15. The standard InChI is InChI=1S/C10H13BrN2/c1-7-2-3-13-10(7)8-4-9(11)6-12-5-8/h4-7,10,13H,2-3H2,1H3. The Morgan fingerprint density at radius 3 is 3.00 bits per heavy atom. The van der Waals surface area contributed by atoms with Crippen molar-refractivity contribution < 1.29 is 0 Å². The van der Waals surface area contributed by atoms with E-state index in [1.807, 2.05) is 12.4 Å². The van der Waals surface area contributed by atoms with E-state index in [-0.39, 0.29) is 0 Å². The van der Waals surface area contributed by atoms with Gasteiger partial charge in [0.25, 0.3) is 0 Å². The number of nitrogens with zero attached hydrogens (tertiary/aromatic N) is 1. The molecule has 0 saturated carbocycles. The number of aromatic nitrogens is 1. The van der Waals surface area contributed by atoms with Crippen molar-refractivity contribution in [2.75, 3.05) is 6.54 Å². The molecule has 0 aromatic carbocycles. The summed E-state index contributed by atoms with van der Waals surface area (Å²) in [4.78, 5) is 4.18. The van der Waals surface area contributed by atoms with Crippen molar-refractivity contribution in [3.8, 4) is 0 Å². The van der Waals surface area contributed by atoms with E-state index in [1.165, 1.54) is 12.0 Å². The zero-order chi connectivity index (χ0) is 9.26. The fourth-order valence-electron chi connectivity index (χ4n) is 1.88. The lowest BCUT2D eigenvalue weighted by atomic mass is 9.98. The van der Waals surface area contributed by atoms with E-state index >= 15 is 0 Å². The second kappa shape index (κ2) is 3.76. The fraction of sp³-hybridized carbons (Fsp3) is 0.500. The Labute approximate surface area is 86.9 Å². The number of pyridine rings is 1. The highest BCUT2D eigenvalue weighted by Crippen LogP contribution is 2.29. The van der Waals surface area contributed by atoms with Crippen molar-refractivity contribution >= 4 is 15.9 Å². The molecule has 0 spiro atoms. The lowest BCUT2D eigenvalue weighted by Crippen LogP contribution is -2.16. The van der Waals surface area contributed by atoms with Crippen molar-refractivity contribution in [3.63, 3.8) is 0 Å². The van der Waals surface area contributed by atoms with Crippen LogP contribution in [0.3, 0.4) is 0 Å². The Bertz CT molecular complexity index is 301. The van der Waals surface area contributed by atoms with Gasteiger partial charge in [0.1, 0.15) is 0 Å². The Hall–Kier alpha value is -0.410. The first kappa shape index (κ1) is 9.16. The minimum absolute atomic E-state index is 0.491. The van der Waals surface area contributed by atoms with Crippen LogP contribution in [-0.2, 0) is 0 Å². The lowest BCUT2D eigenvalue weighted by molar-refractivity contribution is 0.502. The molecule has 1 aromatic heterocycles. The third-order valence-electron chi connectivity index (χ3n) is 2.62. The second-order valence-corrected chi connectivity index (χ2v) is 4.55. The predicted molar refractivity (Wildman–Crippen MR) is 56.5 cm³/mol. The van der Waals surface area contributed by atoms with Crippen LogP contribution in [0.25, 0.3) is 0 Å². The number of halogens is 1. The zero-order valence-corrected chi connectivity index (χ0v) is 9.21. The highest BCUT2D eigenvalue weighted by molar-refractivity contribution is 9.10. The normalized spacial score (nSPS) is 27.8. The first-order chi connectivity index (χ1) is 6.27. The van der Waals surface area contributed by atoms with Gasteiger partial charge in [0.05, 0.1) is 0 Å². The van der Waals surface area contributed by atoms with E-state index in [2.05, 4.69) is 39.2 Å². The van der Waals surface area contributed by atoms with Gasteiger partial charge in [0.15, 0.2) is 0 Å². The molecule has 0 radical (unpaired) electrons. The van der Waals surface area contributed by atoms with Crippen LogP contribution in [0.1, 0.15) is 24.9 Å². The van der Waals surface area contributed by atoms with Crippen molar-refractivity contribution in [3.05, 3.63) is 28.5 Å². The van der Waals surface area contributed by atoms with Crippen molar-refractivity contribution in [1.29, 1.82) is 0 Å². The van der Waals surface area contributed by atoms with Crippen LogP contribution in [0.5, 0.6) is 0 Å². The average Bonchev–Trinajstić information content (AvgIpc) is 2.51. The van der Waals surface area contributed by atoms with Crippen LogP contribution < -0.4 is 5.32 Å². The molecule has 70 valence electrons. The number of hydrogen-bond acceptors (Lipinski definition) is 2. The maximum absolute atomic E-state index is 4.18. The van der Waals surface area contributed by atoms with E-state index in [9.17, 15) is 0 Å². The maximum atomic E-state index is 4.18. The van der Waals surface area contributed by atoms with Gasteiger partial charge in [0, 0.05) is 22.9 Å². The summed E-state index contributed by atoms with van der Waals surface area (Å²) in [7, 11) is 0. The summed E-state index contributed by atoms with van der Waals surface area (Å²) in [5, 5.41) is 3.49. The molecule has 2 unspecified atom stereocenters. The summed E-state index contributed by atoms with van der Waals surface area (Å²) in [6.45, 7) is 3.41. The minimum atomic E-state index is 0.491. The van der Waals surface area contributed by atoms with E-state index in [4.69, 9.17) is 0 Å². The Balaban J connectivity index is 2.24. The molecule has 2 heterocycles. The largest absolute Gasteiger partial charge is 0.310 e. The summed E-state index contributed by atoms with van der Waals surface area (Å²) in [5.41, 5.74) is 1.29. The number of nitrogens with one attached hydrogen (secondary N) is 1. The Morgan fingerprint density at radius 1 is 1.54 bits per heavy atom. The summed E-state index contributed by atoms with van der Waals surface area (Å²) < 4.78 is 1.06. The van der Waals surface area contributed by atoms with Gasteiger partial charge in [-0.2, -0.15) is 0 Å². The molecule has 1 fully saturated rings. The quantitative estimate of drug-likeness (QED) is 0.817. The summed E-state index contributed by atoms with van der Waals surface area (Å²) in [5.74, 6) is 0.719.